The first-order valence-corrected chi connectivity index (χ1v) is 9.61. The molecule has 0 fully saturated rings. The smallest absolute Gasteiger partial charge is 0.227 e. The summed E-state index contributed by atoms with van der Waals surface area (Å²) in [4.78, 5) is 9.31. The van der Waals surface area contributed by atoms with Crippen LogP contribution in [0.3, 0.4) is 0 Å². The molecule has 7 nitrogen and oxygen atoms in total. The van der Waals surface area contributed by atoms with Crippen LogP contribution in [-0.4, -0.2) is 26.4 Å². The summed E-state index contributed by atoms with van der Waals surface area (Å²) in [6, 6.07) is 16.2. The standard InChI is InChI=1S/C22H24N6O/c1-4-29-18-11-9-17(10-12-18)25-20-19-14-24-28(3)21(19)27-22(26-20)23-13-16-7-5-15(2)6-8-16/h5-12,14H,4,13H2,1-3H3,(H2,23,25,26,27). The van der Waals surface area contributed by atoms with Crippen LogP contribution in [0, 0.1) is 6.92 Å². The fourth-order valence-electron chi connectivity index (χ4n) is 3.02. The number of hydrogen-bond donors (Lipinski definition) is 2. The highest BCUT2D eigenvalue weighted by Gasteiger charge is 2.12. The van der Waals surface area contributed by atoms with Gasteiger partial charge in [0.25, 0.3) is 0 Å². The maximum Gasteiger partial charge on any atom is 0.227 e. The third-order valence-corrected chi connectivity index (χ3v) is 4.59. The normalized spacial score (nSPS) is 10.9. The second-order valence-electron chi connectivity index (χ2n) is 6.82. The lowest BCUT2D eigenvalue weighted by Crippen LogP contribution is -2.07. The zero-order chi connectivity index (χ0) is 20.2. The first-order chi connectivity index (χ1) is 14.1. The van der Waals surface area contributed by atoms with Crippen LogP contribution in [-0.2, 0) is 13.6 Å². The molecule has 0 aliphatic heterocycles. The minimum absolute atomic E-state index is 0.551. The molecule has 0 saturated carbocycles. The summed E-state index contributed by atoms with van der Waals surface area (Å²) in [5.74, 6) is 2.10. The number of aromatic nitrogens is 4. The summed E-state index contributed by atoms with van der Waals surface area (Å²) in [5, 5.41) is 11.9. The number of ether oxygens (including phenoxy) is 1. The number of anilines is 3. The van der Waals surface area contributed by atoms with Gasteiger partial charge in [0.05, 0.1) is 18.2 Å². The van der Waals surface area contributed by atoms with Gasteiger partial charge in [-0.3, -0.25) is 4.68 Å². The number of aryl methyl sites for hydroxylation is 2. The molecule has 148 valence electrons. The number of nitrogens with one attached hydrogen (secondary N) is 2. The highest BCUT2D eigenvalue weighted by molar-refractivity contribution is 5.89. The summed E-state index contributed by atoms with van der Waals surface area (Å²) in [5.41, 5.74) is 4.09. The van der Waals surface area contributed by atoms with Crippen molar-refractivity contribution in [2.45, 2.75) is 20.4 Å². The quantitative estimate of drug-likeness (QED) is 0.488. The molecule has 2 heterocycles. The van der Waals surface area contributed by atoms with Gasteiger partial charge in [-0.25, -0.2) is 0 Å². The van der Waals surface area contributed by atoms with Crippen LogP contribution >= 0.6 is 0 Å². The molecular weight excluding hydrogens is 364 g/mol. The van der Waals surface area contributed by atoms with E-state index < -0.39 is 0 Å². The van der Waals surface area contributed by atoms with Gasteiger partial charge in [0, 0.05) is 19.3 Å². The molecule has 0 unspecified atom stereocenters. The largest absolute Gasteiger partial charge is 0.494 e. The van der Waals surface area contributed by atoms with E-state index in [4.69, 9.17) is 4.74 Å². The number of rotatable bonds is 7. The van der Waals surface area contributed by atoms with Crippen LogP contribution in [0.25, 0.3) is 11.0 Å². The number of benzene rings is 2. The Bertz CT molecular complexity index is 1100. The minimum atomic E-state index is 0.551. The zero-order valence-electron chi connectivity index (χ0n) is 16.8. The van der Waals surface area contributed by atoms with Gasteiger partial charge in [0.1, 0.15) is 11.6 Å². The SMILES string of the molecule is CCOc1ccc(Nc2nc(NCc3ccc(C)cc3)nc3c2cnn3C)cc1. The molecule has 29 heavy (non-hydrogen) atoms. The van der Waals surface area contributed by atoms with Gasteiger partial charge in [-0.05, 0) is 43.7 Å². The van der Waals surface area contributed by atoms with Crippen LogP contribution in [0.2, 0.25) is 0 Å². The second kappa shape index (κ2) is 8.18. The van der Waals surface area contributed by atoms with E-state index >= 15 is 0 Å². The molecule has 7 heteroatoms. The fraction of sp³-hybridized carbons (Fsp3) is 0.227. The lowest BCUT2D eigenvalue weighted by Gasteiger charge is -2.11. The van der Waals surface area contributed by atoms with Crippen molar-refractivity contribution in [3.8, 4) is 5.75 Å². The van der Waals surface area contributed by atoms with Crippen LogP contribution in [0.15, 0.2) is 54.7 Å². The Balaban J connectivity index is 1.59. The van der Waals surface area contributed by atoms with E-state index in [2.05, 4.69) is 56.9 Å². The van der Waals surface area contributed by atoms with Crippen LogP contribution in [0.1, 0.15) is 18.1 Å². The summed E-state index contributed by atoms with van der Waals surface area (Å²) < 4.78 is 7.26. The lowest BCUT2D eigenvalue weighted by molar-refractivity contribution is 0.340. The van der Waals surface area contributed by atoms with E-state index in [9.17, 15) is 0 Å². The molecule has 0 spiro atoms. The van der Waals surface area contributed by atoms with Crippen LogP contribution in [0.4, 0.5) is 17.5 Å². The van der Waals surface area contributed by atoms with Gasteiger partial charge in [0.2, 0.25) is 5.95 Å². The number of fused-ring (bicyclic) bond motifs is 1. The molecule has 0 aliphatic rings. The van der Waals surface area contributed by atoms with E-state index in [1.807, 2.05) is 38.2 Å². The second-order valence-corrected chi connectivity index (χ2v) is 6.82. The van der Waals surface area contributed by atoms with Crippen LogP contribution in [0.5, 0.6) is 5.75 Å². The van der Waals surface area contributed by atoms with Gasteiger partial charge in [-0.15, -0.1) is 0 Å². The summed E-state index contributed by atoms with van der Waals surface area (Å²) >= 11 is 0. The molecule has 4 rings (SSSR count). The van der Waals surface area contributed by atoms with Gasteiger partial charge in [-0.1, -0.05) is 29.8 Å². The van der Waals surface area contributed by atoms with Crippen molar-refractivity contribution in [2.24, 2.45) is 7.05 Å². The molecule has 0 saturated heterocycles. The van der Waals surface area contributed by atoms with Crippen molar-refractivity contribution >= 4 is 28.5 Å². The van der Waals surface area contributed by atoms with Gasteiger partial charge >= 0.3 is 0 Å². The average Bonchev–Trinajstić information content (AvgIpc) is 3.10. The predicted molar refractivity (Wildman–Crippen MR) is 116 cm³/mol. The van der Waals surface area contributed by atoms with Crippen molar-refractivity contribution in [1.29, 1.82) is 0 Å². The van der Waals surface area contributed by atoms with Crippen molar-refractivity contribution in [3.63, 3.8) is 0 Å². The van der Waals surface area contributed by atoms with Crippen molar-refractivity contribution in [3.05, 3.63) is 65.9 Å². The molecule has 2 aromatic heterocycles. The molecule has 4 aromatic rings. The van der Waals surface area contributed by atoms with E-state index in [-0.39, 0.29) is 0 Å². The Kier molecular flexibility index (Phi) is 5.29. The first-order valence-electron chi connectivity index (χ1n) is 9.61. The number of hydrogen-bond acceptors (Lipinski definition) is 6. The van der Waals surface area contributed by atoms with Crippen LogP contribution < -0.4 is 15.4 Å². The van der Waals surface area contributed by atoms with Gasteiger partial charge in [-0.2, -0.15) is 15.1 Å². The zero-order valence-corrected chi connectivity index (χ0v) is 16.8. The van der Waals surface area contributed by atoms with Crippen molar-refractivity contribution < 1.29 is 4.74 Å². The number of nitrogens with zero attached hydrogens (tertiary/aromatic N) is 4. The molecule has 2 aromatic carbocycles. The molecule has 0 amide bonds. The highest BCUT2D eigenvalue weighted by Crippen LogP contribution is 2.26. The maximum atomic E-state index is 5.51. The Morgan fingerprint density at radius 2 is 1.76 bits per heavy atom. The summed E-state index contributed by atoms with van der Waals surface area (Å²) in [6.07, 6.45) is 1.77. The van der Waals surface area contributed by atoms with E-state index in [1.165, 1.54) is 11.1 Å². The Hall–Kier alpha value is -3.61. The molecule has 0 radical (unpaired) electrons. The Labute approximate surface area is 169 Å². The summed E-state index contributed by atoms with van der Waals surface area (Å²) in [7, 11) is 1.87. The van der Waals surface area contributed by atoms with Crippen molar-refractivity contribution in [2.75, 3.05) is 17.2 Å². The molecule has 2 N–H and O–H groups in total. The van der Waals surface area contributed by atoms with Gasteiger partial charge in [0.15, 0.2) is 5.65 Å². The third kappa shape index (κ3) is 4.29. The third-order valence-electron chi connectivity index (χ3n) is 4.59. The highest BCUT2D eigenvalue weighted by atomic mass is 16.5. The predicted octanol–water partition coefficient (Wildman–Crippen LogP) is 4.43. The van der Waals surface area contributed by atoms with Crippen molar-refractivity contribution in [1.82, 2.24) is 19.7 Å². The average molecular weight is 388 g/mol. The summed E-state index contributed by atoms with van der Waals surface area (Å²) in [6.45, 7) is 5.34. The molecule has 0 bridgehead atoms. The van der Waals surface area contributed by atoms with E-state index in [1.54, 1.807) is 10.9 Å². The topological polar surface area (TPSA) is 76.9 Å². The molecule has 0 atom stereocenters. The van der Waals surface area contributed by atoms with E-state index in [0.29, 0.717) is 24.9 Å². The first kappa shape index (κ1) is 18.7. The molecule has 0 aliphatic carbocycles. The Morgan fingerprint density at radius 1 is 1.00 bits per heavy atom. The lowest BCUT2D eigenvalue weighted by atomic mass is 10.1. The maximum absolute atomic E-state index is 5.51. The Morgan fingerprint density at radius 3 is 2.48 bits per heavy atom. The fourth-order valence-corrected chi connectivity index (χ4v) is 3.02. The van der Waals surface area contributed by atoms with E-state index in [0.717, 1.165) is 22.5 Å². The monoisotopic (exact) mass is 388 g/mol. The molecular formula is C22H24N6O. The minimum Gasteiger partial charge on any atom is -0.494 e. The van der Waals surface area contributed by atoms with Gasteiger partial charge < -0.3 is 15.4 Å².